The highest BCUT2D eigenvalue weighted by molar-refractivity contribution is 7.13. The highest BCUT2D eigenvalue weighted by Crippen LogP contribution is 2.40. The van der Waals surface area contributed by atoms with Gasteiger partial charge in [0.25, 0.3) is 6.43 Å². The van der Waals surface area contributed by atoms with Gasteiger partial charge in [0, 0.05) is 34.3 Å². The molecule has 1 aromatic carbocycles. The summed E-state index contributed by atoms with van der Waals surface area (Å²) in [6.07, 6.45) is 0.651. The fourth-order valence-electron chi connectivity index (χ4n) is 3.18. The minimum absolute atomic E-state index is 0.163. The quantitative estimate of drug-likeness (QED) is 0.677. The Morgan fingerprint density at radius 3 is 2.77 bits per heavy atom. The number of fused-ring (bicyclic) bond motifs is 1. The van der Waals surface area contributed by atoms with Crippen molar-refractivity contribution in [3.63, 3.8) is 0 Å². The van der Waals surface area contributed by atoms with E-state index in [4.69, 9.17) is 0 Å². The Morgan fingerprint density at radius 2 is 2.14 bits per heavy atom. The third-order valence-electron chi connectivity index (χ3n) is 4.55. The van der Waals surface area contributed by atoms with E-state index in [0.717, 1.165) is 36.4 Å². The summed E-state index contributed by atoms with van der Waals surface area (Å²) in [6, 6.07) is 7.96. The largest absolute Gasteiger partial charge is 0.369 e. The molecule has 2 heterocycles. The van der Waals surface area contributed by atoms with Crippen LogP contribution < -0.4 is 4.90 Å². The minimum Gasteiger partial charge on any atom is -0.369 e. The van der Waals surface area contributed by atoms with Gasteiger partial charge in [-0.2, -0.15) is 0 Å². The molecule has 1 aromatic heterocycles. The van der Waals surface area contributed by atoms with Crippen molar-refractivity contribution in [2.75, 3.05) is 11.4 Å². The second-order valence-electron chi connectivity index (χ2n) is 5.90. The molecular weight excluding hydrogens is 300 g/mol. The highest BCUT2D eigenvalue weighted by Gasteiger charge is 2.25. The predicted octanol–water partition coefficient (Wildman–Crippen LogP) is 5.90. The molecule has 0 radical (unpaired) electrons. The summed E-state index contributed by atoms with van der Waals surface area (Å²) >= 11 is 1.52. The summed E-state index contributed by atoms with van der Waals surface area (Å²) in [5.41, 5.74) is 3.08. The van der Waals surface area contributed by atoms with E-state index >= 15 is 0 Å². The second kappa shape index (κ2) is 6.37. The maximum absolute atomic E-state index is 13.6. The van der Waals surface area contributed by atoms with Gasteiger partial charge in [0.2, 0.25) is 0 Å². The van der Waals surface area contributed by atoms with Gasteiger partial charge in [0.15, 0.2) is 0 Å². The zero-order valence-corrected chi connectivity index (χ0v) is 13.8. The number of alkyl halides is 2. The van der Waals surface area contributed by atoms with Crippen LogP contribution in [0.2, 0.25) is 0 Å². The maximum atomic E-state index is 13.6. The molecule has 22 heavy (non-hydrogen) atoms. The zero-order chi connectivity index (χ0) is 15.7. The Hall–Kier alpha value is -1.42. The SMILES string of the molecule is CCC(C)N1CCCc2cc(-c3cccs3)c(C(F)F)cc21. The zero-order valence-electron chi connectivity index (χ0n) is 13.0. The molecule has 0 saturated carbocycles. The van der Waals surface area contributed by atoms with Gasteiger partial charge in [-0.15, -0.1) is 11.3 Å². The van der Waals surface area contributed by atoms with Gasteiger partial charge in [-0.05, 0) is 55.3 Å². The topological polar surface area (TPSA) is 3.24 Å². The number of hydrogen-bond acceptors (Lipinski definition) is 2. The fraction of sp³-hybridized carbons (Fsp3) is 0.444. The molecule has 0 aliphatic carbocycles. The first-order valence-electron chi connectivity index (χ1n) is 7.87. The van der Waals surface area contributed by atoms with Crippen molar-refractivity contribution in [2.45, 2.75) is 45.6 Å². The molecule has 1 atom stereocenters. The van der Waals surface area contributed by atoms with E-state index in [9.17, 15) is 8.78 Å². The minimum atomic E-state index is -2.44. The van der Waals surface area contributed by atoms with Crippen LogP contribution in [-0.2, 0) is 6.42 Å². The molecule has 1 unspecified atom stereocenters. The molecule has 0 spiro atoms. The Bertz CT molecular complexity index is 637. The smallest absolute Gasteiger partial charge is 0.264 e. The van der Waals surface area contributed by atoms with E-state index in [1.165, 1.54) is 16.9 Å². The van der Waals surface area contributed by atoms with E-state index in [1.54, 1.807) is 6.07 Å². The van der Waals surface area contributed by atoms with Crippen molar-refractivity contribution in [1.82, 2.24) is 0 Å². The lowest BCUT2D eigenvalue weighted by Crippen LogP contribution is -2.37. The first kappa shape index (κ1) is 15.5. The lowest BCUT2D eigenvalue weighted by molar-refractivity contribution is 0.152. The van der Waals surface area contributed by atoms with E-state index in [-0.39, 0.29) is 5.56 Å². The van der Waals surface area contributed by atoms with E-state index < -0.39 is 6.43 Å². The number of benzene rings is 1. The summed E-state index contributed by atoms with van der Waals surface area (Å²) in [5, 5.41) is 1.94. The number of hydrogen-bond donors (Lipinski definition) is 0. The lowest BCUT2D eigenvalue weighted by Gasteiger charge is -2.36. The first-order valence-corrected chi connectivity index (χ1v) is 8.75. The van der Waals surface area contributed by atoms with Gasteiger partial charge in [0.05, 0.1) is 0 Å². The van der Waals surface area contributed by atoms with Crippen LogP contribution in [0.25, 0.3) is 10.4 Å². The fourth-order valence-corrected chi connectivity index (χ4v) is 3.95. The average molecular weight is 321 g/mol. The van der Waals surface area contributed by atoms with Crippen molar-refractivity contribution >= 4 is 17.0 Å². The Labute approximate surface area is 134 Å². The van der Waals surface area contributed by atoms with Crippen LogP contribution in [0.5, 0.6) is 0 Å². The summed E-state index contributed by atoms with van der Waals surface area (Å²) in [7, 11) is 0. The van der Waals surface area contributed by atoms with Gasteiger partial charge < -0.3 is 4.90 Å². The van der Waals surface area contributed by atoms with Crippen LogP contribution in [0.3, 0.4) is 0 Å². The Kier molecular flexibility index (Phi) is 4.48. The molecule has 1 aliphatic rings. The molecule has 0 amide bonds. The third kappa shape index (κ3) is 2.76. The molecule has 1 nitrogen and oxygen atoms in total. The summed E-state index contributed by atoms with van der Waals surface area (Å²) < 4.78 is 27.2. The second-order valence-corrected chi connectivity index (χ2v) is 6.85. The van der Waals surface area contributed by atoms with E-state index in [0.29, 0.717) is 11.6 Å². The van der Waals surface area contributed by atoms with Gasteiger partial charge in [0.1, 0.15) is 0 Å². The van der Waals surface area contributed by atoms with Crippen molar-refractivity contribution < 1.29 is 8.78 Å². The molecule has 4 heteroatoms. The molecule has 0 bridgehead atoms. The number of nitrogens with zero attached hydrogens (tertiary/aromatic N) is 1. The van der Waals surface area contributed by atoms with Crippen LogP contribution in [0, 0.1) is 0 Å². The van der Waals surface area contributed by atoms with Gasteiger partial charge in [-0.3, -0.25) is 0 Å². The van der Waals surface area contributed by atoms with Crippen molar-refractivity contribution in [3.05, 3.63) is 40.8 Å². The Balaban J connectivity index is 2.12. The standard InChI is InChI=1S/C18H21F2NS/c1-3-12(2)21-8-4-6-13-10-14(17-7-5-9-22-17)15(18(19)20)11-16(13)21/h5,7,9-12,18H,3-4,6,8H2,1-2H3. The van der Waals surface area contributed by atoms with Gasteiger partial charge >= 0.3 is 0 Å². The highest BCUT2D eigenvalue weighted by atomic mass is 32.1. The molecule has 3 rings (SSSR count). The normalized spacial score (nSPS) is 16.0. The monoisotopic (exact) mass is 321 g/mol. The number of thiophene rings is 1. The molecule has 1 aliphatic heterocycles. The van der Waals surface area contributed by atoms with Crippen LogP contribution in [0.1, 0.15) is 44.2 Å². The van der Waals surface area contributed by atoms with Crippen molar-refractivity contribution in [3.8, 4) is 10.4 Å². The van der Waals surface area contributed by atoms with E-state index in [1.807, 2.05) is 23.6 Å². The number of halogens is 2. The molecule has 2 aromatic rings. The summed E-state index contributed by atoms with van der Waals surface area (Å²) in [5.74, 6) is 0. The number of aryl methyl sites for hydroxylation is 1. The van der Waals surface area contributed by atoms with E-state index in [2.05, 4.69) is 18.7 Å². The first-order chi connectivity index (χ1) is 10.6. The van der Waals surface area contributed by atoms with Gasteiger partial charge in [-0.1, -0.05) is 13.0 Å². The van der Waals surface area contributed by atoms with Crippen LogP contribution in [0.4, 0.5) is 14.5 Å². The molecule has 118 valence electrons. The number of rotatable bonds is 4. The molecular formula is C18H21F2NS. The van der Waals surface area contributed by atoms with Crippen molar-refractivity contribution in [1.29, 1.82) is 0 Å². The molecule has 0 saturated heterocycles. The molecule has 0 fully saturated rings. The third-order valence-corrected chi connectivity index (χ3v) is 5.45. The predicted molar refractivity (Wildman–Crippen MR) is 90.1 cm³/mol. The lowest BCUT2D eigenvalue weighted by atomic mass is 9.93. The molecule has 0 N–H and O–H groups in total. The number of anilines is 1. The summed E-state index contributed by atoms with van der Waals surface area (Å²) in [6.45, 7) is 5.28. The summed E-state index contributed by atoms with van der Waals surface area (Å²) in [4.78, 5) is 3.22. The van der Waals surface area contributed by atoms with Gasteiger partial charge in [-0.25, -0.2) is 8.78 Å². The maximum Gasteiger partial charge on any atom is 0.264 e. The van der Waals surface area contributed by atoms with Crippen LogP contribution in [0.15, 0.2) is 29.6 Å². The van der Waals surface area contributed by atoms with Crippen LogP contribution in [-0.4, -0.2) is 12.6 Å². The van der Waals surface area contributed by atoms with Crippen LogP contribution >= 0.6 is 11.3 Å². The van der Waals surface area contributed by atoms with Crippen molar-refractivity contribution in [2.24, 2.45) is 0 Å². The Morgan fingerprint density at radius 1 is 1.32 bits per heavy atom. The average Bonchev–Trinajstić information content (AvgIpc) is 3.06.